The lowest BCUT2D eigenvalue weighted by Gasteiger charge is -2.24. The van der Waals surface area contributed by atoms with Gasteiger partial charge in [-0.05, 0) is 50.7 Å². The number of nitrogens with zero attached hydrogens (tertiary/aromatic N) is 1. The number of hydrogen-bond donors (Lipinski definition) is 1. The lowest BCUT2D eigenvalue weighted by molar-refractivity contribution is -0.137. The Morgan fingerprint density at radius 3 is 2.53 bits per heavy atom. The fourth-order valence-corrected chi connectivity index (χ4v) is 3.27. The van der Waals surface area contributed by atoms with Crippen molar-refractivity contribution >= 4 is 11.7 Å². The van der Waals surface area contributed by atoms with E-state index >= 15 is 0 Å². The van der Waals surface area contributed by atoms with E-state index in [9.17, 15) is 4.79 Å². The van der Waals surface area contributed by atoms with Gasteiger partial charge in [-0.15, -0.1) is 0 Å². The van der Waals surface area contributed by atoms with E-state index in [1.54, 1.807) is 0 Å². The van der Waals surface area contributed by atoms with Gasteiger partial charge in [0, 0.05) is 25.2 Å². The molecule has 1 atom stereocenters. The van der Waals surface area contributed by atoms with Gasteiger partial charge >= 0.3 is 5.97 Å². The van der Waals surface area contributed by atoms with Gasteiger partial charge < -0.3 is 10.0 Å². The monoisotopic (exact) mass is 261 g/mol. The highest BCUT2D eigenvalue weighted by Crippen LogP contribution is 2.32. The molecule has 3 nitrogen and oxygen atoms in total. The summed E-state index contributed by atoms with van der Waals surface area (Å²) in [6.07, 6.45) is 2.21. The first-order valence-electron chi connectivity index (χ1n) is 7.02. The molecule has 1 heterocycles. The highest BCUT2D eigenvalue weighted by Gasteiger charge is 2.25. The molecule has 0 spiro atoms. The predicted molar refractivity (Wildman–Crippen MR) is 77.8 cm³/mol. The van der Waals surface area contributed by atoms with Crippen LogP contribution in [0.2, 0.25) is 0 Å². The summed E-state index contributed by atoms with van der Waals surface area (Å²) in [5, 5.41) is 8.76. The van der Waals surface area contributed by atoms with E-state index in [1.807, 2.05) is 0 Å². The number of aliphatic carboxylic acids is 1. The maximum Gasteiger partial charge on any atom is 0.303 e. The van der Waals surface area contributed by atoms with Crippen molar-refractivity contribution in [2.24, 2.45) is 5.92 Å². The summed E-state index contributed by atoms with van der Waals surface area (Å²) in [6.45, 7) is 8.51. The smallest absolute Gasteiger partial charge is 0.303 e. The molecule has 1 aromatic rings. The Kier molecular flexibility index (Phi) is 4.13. The highest BCUT2D eigenvalue weighted by atomic mass is 16.4. The Bertz CT molecular complexity index is 459. The molecule has 1 aliphatic rings. The standard InChI is InChI=1S/C16H23NO2/c1-11-8-12(2)16(13(3)9-11)17-7-6-14(10-17)4-5-15(18)19/h8-9,14H,4-7,10H2,1-3H3,(H,18,19). The van der Waals surface area contributed by atoms with Gasteiger partial charge in [0.25, 0.3) is 0 Å². The summed E-state index contributed by atoms with van der Waals surface area (Å²) < 4.78 is 0. The van der Waals surface area contributed by atoms with Crippen molar-refractivity contribution in [3.63, 3.8) is 0 Å². The third kappa shape index (κ3) is 3.28. The van der Waals surface area contributed by atoms with Crippen LogP contribution in [-0.2, 0) is 4.79 Å². The van der Waals surface area contributed by atoms with E-state index in [1.165, 1.54) is 22.4 Å². The first-order valence-corrected chi connectivity index (χ1v) is 7.02. The van der Waals surface area contributed by atoms with Crippen LogP contribution in [0.1, 0.15) is 36.0 Å². The van der Waals surface area contributed by atoms with E-state index in [-0.39, 0.29) is 0 Å². The minimum atomic E-state index is -0.679. The molecule has 1 fully saturated rings. The number of aryl methyl sites for hydroxylation is 3. The number of rotatable bonds is 4. The molecule has 1 N–H and O–H groups in total. The Hall–Kier alpha value is -1.51. The molecule has 1 aromatic carbocycles. The molecule has 0 saturated carbocycles. The molecule has 0 aromatic heterocycles. The Morgan fingerprint density at radius 2 is 1.95 bits per heavy atom. The number of carbonyl (C=O) groups is 1. The van der Waals surface area contributed by atoms with Gasteiger partial charge in [-0.25, -0.2) is 0 Å². The number of benzene rings is 1. The lowest BCUT2D eigenvalue weighted by Crippen LogP contribution is -2.22. The van der Waals surface area contributed by atoms with Gasteiger partial charge in [-0.3, -0.25) is 4.79 Å². The largest absolute Gasteiger partial charge is 0.481 e. The third-order valence-corrected chi connectivity index (χ3v) is 4.00. The van der Waals surface area contributed by atoms with Crippen LogP contribution >= 0.6 is 0 Å². The fraction of sp³-hybridized carbons (Fsp3) is 0.562. The van der Waals surface area contributed by atoms with E-state index in [0.717, 1.165) is 25.9 Å². The second kappa shape index (κ2) is 5.64. The van der Waals surface area contributed by atoms with Crippen molar-refractivity contribution in [3.05, 3.63) is 28.8 Å². The third-order valence-electron chi connectivity index (χ3n) is 4.00. The first kappa shape index (κ1) is 13.9. The van der Waals surface area contributed by atoms with Gasteiger partial charge in [-0.1, -0.05) is 17.7 Å². The molecule has 1 unspecified atom stereocenters. The van der Waals surface area contributed by atoms with Crippen LogP contribution < -0.4 is 4.90 Å². The quantitative estimate of drug-likeness (QED) is 0.904. The second-order valence-electron chi connectivity index (χ2n) is 5.78. The SMILES string of the molecule is Cc1cc(C)c(N2CCC(CCC(=O)O)C2)c(C)c1. The lowest BCUT2D eigenvalue weighted by atomic mass is 10.0. The zero-order valence-electron chi connectivity index (χ0n) is 12.1. The number of carboxylic acids is 1. The summed E-state index contributed by atoms with van der Waals surface area (Å²) in [5.41, 5.74) is 5.32. The summed E-state index contributed by atoms with van der Waals surface area (Å²) >= 11 is 0. The molecule has 1 saturated heterocycles. The zero-order chi connectivity index (χ0) is 14.0. The molecule has 2 rings (SSSR count). The van der Waals surface area contributed by atoms with E-state index in [0.29, 0.717) is 12.3 Å². The minimum absolute atomic E-state index is 0.296. The zero-order valence-corrected chi connectivity index (χ0v) is 12.1. The van der Waals surface area contributed by atoms with Gasteiger partial charge in [0.05, 0.1) is 0 Å². The molecule has 104 valence electrons. The van der Waals surface area contributed by atoms with E-state index in [4.69, 9.17) is 5.11 Å². The van der Waals surface area contributed by atoms with Gasteiger partial charge in [0.2, 0.25) is 0 Å². The Morgan fingerprint density at radius 1 is 1.32 bits per heavy atom. The minimum Gasteiger partial charge on any atom is -0.481 e. The Balaban J connectivity index is 2.07. The van der Waals surface area contributed by atoms with Crippen molar-refractivity contribution in [1.82, 2.24) is 0 Å². The molecule has 0 radical (unpaired) electrons. The fourth-order valence-electron chi connectivity index (χ4n) is 3.27. The summed E-state index contributed by atoms with van der Waals surface area (Å²) in [6, 6.07) is 4.46. The van der Waals surface area contributed by atoms with Crippen LogP contribution in [0.25, 0.3) is 0 Å². The van der Waals surface area contributed by atoms with Crippen molar-refractivity contribution in [3.8, 4) is 0 Å². The molecular weight excluding hydrogens is 238 g/mol. The van der Waals surface area contributed by atoms with E-state index < -0.39 is 5.97 Å². The summed E-state index contributed by atoms with van der Waals surface area (Å²) in [7, 11) is 0. The molecule has 0 amide bonds. The first-order chi connectivity index (χ1) is 8.97. The van der Waals surface area contributed by atoms with Crippen LogP contribution in [0.4, 0.5) is 5.69 Å². The Labute approximate surface area is 115 Å². The molecule has 0 bridgehead atoms. The summed E-state index contributed by atoms with van der Waals surface area (Å²) in [5.74, 6) is -0.155. The van der Waals surface area contributed by atoms with Crippen molar-refractivity contribution in [2.45, 2.75) is 40.0 Å². The maximum absolute atomic E-state index is 10.6. The van der Waals surface area contributed by atoms with Gasteiger partial charge in [0.15, 0.2) is 0 Å². The topological polar surface area (TPSA) is 40.5 Å². The molecule has 0 aliphatic carbocycles. The normalized spacial score (nSPS) is 18.9. The van der Waals surface area contributed by atoms with Crippen LogP contribution in [0, 0.1) is 26.7 Å². The molecule has 19 heavy (non-hydrogen) atoms. The average Bonchev–Trinajstić information content (AvgIpc) is 2.73. The molecule has 1 aliphatic heterocycles. The van der Waals surface area contributed by atoms with Crippen LogP contribution in [0.3, 0.4) is 0 Å². The van der Waals surface area contributed by atoms with Crippen LogP contribution in [0.5, 0.6) is 0 Å². The number of carboxylic acid groups (broad SMARTS) is 1. The van der Waals surface area contributed by atoms with Gasteiger partial charge in [-0.2, -0.15) is 0 Å². The summed E-state index contributed by atoms with van der Waals surface area (Å²) in [4.78, 5) is 13.1. The number of hydrogen-bond acceptors (Lipinski definition) is 2. The maximum atomic E-state index is 10.6. The molecular formula is C16H23NO2. The number of anilines is 1. The molecule has 3 heteroatoms. The van der Waals surface area contributed by atoms with Crippen molar-refractivity contribution in [2.75, 3.05) is 18.0 Å². The van der Waals surface area contributed by atoms with Gasteiger partial charge in [0.1, 0.15) is 0 Å². The van der Waals surface area contributed by atoms with Crippen LogP contribution in [-0.4, -0.2) is 24.2 Å². The van der Waals surface area contributed by atoms with Crippen LogP contribution in [0.15, 0.2) is 12.1 Å². The second-order valence-corrected chi connectivity index (χ2v) is 5.78. The predicted octanol–water partition coefficient (Wildman–Crippen LogP) is 3.30. The average molecular weight is 261 g/mol. The van der Waals surface area contributed by atoms with Crippen molar-refractivity contribution in [1.29, 1.82) is 0 Å². The van der Waals surface area contributed by atoms with E-state index in [2.05, 4.69) is 37.8 Å². The highest BCUT2D eigenvalue weighted by molar-refractivity contribution is 5.66. The van der Waals surface area contributed by atoms with Crippen molar-refractivity contribution < 1.29 is 9.90 Å².